The van der Waals surface area contributed by atoms with Crippen molar-refractivity contribution in [3.8, 4) is 0 Å². The van der Waals surface area contributed by atoms with Crippen LogP contribution in [0.25, 0.3) is 0 Å². The van der Waals surface area contributed by atoms with Crippen molar-refractivity contribution in [3.63, 3.8) is 0 Å². The number of halogens is 1. The smallest absolute Gasteiger partial charge is 0.110 e. The molecule has 0 spiro atoms. The minimum Gasteiger partial charge on any atom is -0.296 e. The van der Waals surface area contributed by atoms with Crippen LogP contribution < -0.4 is 0 Å². The first-order valence-electron chi connectivity index (χ1n) is 6.03. The zero-order valence-corrected chi connectivity index (χ0v) is 11.6. The molecule has 1 aliphatic rings. The van der Waals surface area contributed by atoms with E-state index in [0.29, 0.717) is 6.04 Å². The predicted octanol–water partition coefficient (Wildman–Crippen LogP) is 3.64. The summed E-state index contributed by atoms with van der Waals surface area (Å²) in [5, 5.41) is 0. The van der Waals surface area contributed by atoms with Crippen LogP contribution in [0.4, 0.5) is 0 Å². The molecule has 0 aliphatic carbocycles. The van der Waals surface area contributed by atoms with Gasteiger partial charge in [0.25, 0.3) is 0 Å². The van der Waals surface area contributed by atoms with Crippen molar-refractivity contribution in [1.82, 2.24) is 9.88 Å². The van der Waals surface area contributed by atoms with Gasteiger partial charge in [-0.25, -0.2) is 4.98 Å². The molecule has 1 atom stereocenters. The molecular formula is C13H19BrN2. The van der Waals surface area contributed by atoms with Gasteiger partial charge >= 0.3 is 0 Å². The summed E-state index contributed by atoms with van der Waals surface area (Å²) >= 11 is 3.56. The van der Waals surface area contributed by atoms with Gasteiger partial charge in [0.15, 0.2) is 0 Å². The quantitative estimate of drug-likeness (QED) is 0.787. The van der Waals surface area contributed by atoms with Crippen LogP contribution in [0.1, 0.15) is 38.3 Å². The van der Waals surface area contributed by atoms with Crippen LogP contribution >= 0.6 is 15.9 Å². The number of likely N-dealkylation sites (tertiary alicyclic amines) is 1. The molecule has 2 rings (SSSR count). The van der Waals surface area contributed by atoms with E-state index < -0.39 is 0 Å². The third-order valence-corrected chi connectivity index (χ3v) is 3.77. The molecule has 0 aromatic carbocycles. The van der Waals surface area contributed by atoms with Gasteiger partial charge in [0, 0.05) is 24.3 Å². The van der Waals surface area contributed by atoms with Gasteiger partial charge in [0.1, 0.15) is 4.60 Å². The lowest BCUT2D eigenvalue weighted by Gasteiger charge is -2.26. The monoisotopic (exact) mass is 282 g/mol. The lowest BCUT2D eigenvalue weighted by atomic mass is 10.1. The van der Waals surface area contributed by atoms with Crippen LogP contribution in [0.5, 0.6) is 0 Å². The molecule has 1 saturated heterocycles. The molecule has 2 nitrogen and oxygen atoms in total. The molecule has 88 valence electrons. The number of rotatable bonds is 3. The predicted molar refractivity (Wildman–Crippen MR) is 70.3 cm³/mol. The van der Waals surface area contributed by atoms with Crippen LogP contribution in [0, 0.1) is 5.92 Å². The Hall–Kier alpha value is -0.410. The summed E-state index contributed by atoms with van der Waals surface area (Å²) < 4.78 is 1.01. The number of pyridine rings is 1. The zero-order valence-electron chi connectivity index (χ0n) is 9.99. The van der Waals surface area contributed by atoms with Gasteiger partial charge in [-0.1, -0.05) is 19.9 Å². The lowest BCUT2D eigenvalue weighted by molar-refractivity contribution is 0.228. The maximum absolute atomic E-state index is 4.33. The molecule has 0 unspecified atom stereocenters. The van der Waals surface area contributed by atoms with Gasteiger partial charge in [-0.15, -0.1) is 0 Å². The fraction of sp³-hybridized carbons (Fsp3) is 0.615. The minimum atomic E-state index is 0.561. The van der Waals surface area contributed by atoms with E-state index in [2.05, 4.69) is 45.7 Å². The summed E-state index contributed by atoms with van der Waals surface area (Å²) in [5.74, 6) is 0.732. The van der Waals surface area contributed by atoms with E-state index in [4.69, 9.17) is 0 Å². The summed E-state index contributed by atoms with van der Waals surface area (Å²) in [4.78, 5) is 6.92. The number of aromatic nitrogens is 1. The second-order valence-electron chi connectivity index (χ2n) is 4.93. The average Bonchev–Trinajstić information content (AvgIpc) is 2.66. The molecule has 0 amide bonds. The third kappa shape index (κ3) is 2.64. The molecule has 16 heavy (non-hydrogen) atoms. The number of nitrogens with zero attached hydrogens (tertiary/aromatic N) is 2. The van der Waals surface area contributed by atoms with E-state index in [1.807, 2.05) is 12.3 Å². The Morgan fingerprint density at radius 2 is 2.38 bits per heavy atom. The van der Waals surface area contributed by atoms with Crippen molar-refractivity contribution in [2.45, 2.75) is 32.7 Å². The van der Waals surface area contributed by atoms with Gasteiger partial charge in [-0.3, -0.25) is 4.90 Å². The van der Waals surface area contributed by atoms with Crippen molar-refractivity contribution in [2.75, 3.05) is 13.1 Å². The van der Waals surface area contributed by atoms with E-state index in [-0.39, 0.29) is 0 Å². The standard InChI is InChI=1S/C13H19BrN2/c1-10(2)9-16-8-4-6-12(16)11-5-3-7-15-13(11)14/h3,5,7,10,12H,4,6,8-9H2,1-2H3/t12-/m0/s1. The van der Waals surface area contributed by atoms with Crippen molar-refractivity contribution >= 4 is 15.9 Å². The van der Waals surface area contributed by atoms with Gasteiger partial charge in [0.2, 0.25) is 0 Å². The van der Waals surface area contributed by atoms with Gasteiger partial charge in [0.05, 0.1) is 0 Å². The highest BCUT2D eigenvalue weighted by Gasteiger charge is 2.27. The summed E-state index contributed by atoms with van der Waals surface area (Å²) in [6, 6.07) is 4.79. The first kappa shape index (κ1) is 12.1. The topological polar surface area (TPSA) is 16.1 Å². The van der Waals surface area contributed by atoms with E-state index in [9.17, 15) is 0 Å². The maximum atomic E-state index is 4.33. The molecule has 0 saturated carbocycles. The highest BCUT2D eigenvalue weighted by molar-refractivity contribution is 9.10. The molecule has 0 radical (unpaired) electrons. The molecule has 1 aromatic rings. The van der Waals surface area contributed by atoms with Crippen molar-refractivity contribution in [3.05, 3.63) is 28.5 Å². The van der Waals surface area contributed by atoms with Crippen molar-refractivity contribution in [2.24, 2.45) is 5.92 Å². The second kappa shape index (κ2) is 5.28. The molecule has 1 fully saturated rings. The summed E-state index contributed by atoms with van der Waals surface area (Å²) in [6.07, 6.45) is 4.41. The Morgan fingerprint density at radius 1 is 1.56 bits per heavy atom. The largest absolute Gasteiger partial charge is 0.296 e. The van der Waals surface area contributed by atoms with Crippen molar-refractivity contribution in [1.29, 1.82) is 0 Å². The minimum absolute atomic E-state index is 0.561. The van der Waals surface area contributed by atoms with Gasteiger partial charge in [-0.2, -0.15) is 0 Å². The Kier molecular flexibility index (Phi) is 3.98. The van der Waals surface area contributed by atoms with Crippen LogP contribution in [-0.4, -0.2) is 23.0 Å². The Labute approximate surface area is 106 Å². The maximum Gasteiger partial charge on any atom is 0.110 e. The first-order valence-corrected chi connectivity index (χ1v) is 6.82. The number of hydrogen-bond acceptors (Lipinski definition) is 2. The van der Waals surface area contributed by atoms with Gasteiger partial charge in [-0.05, 0) is 47.3 Å². The van der Waals surface area contributed by atoms with E-state index in [1.54, 1.807) is 0 Å². The molecule has 1 aromatic heterocycles. The molecule has 3 heteroatoms. The van der Waals surface area contributed by atoms with Gasteiger partial charge < -0.3 is 0 Å². The zero-order chi connectivity index (χ0) is 11.5. The average molecular weight is 283 g/mol. The molecule has 0 bridgehead atoms. The Bertz CT molecular complexity index is 352. The van der Waals surface area contributed by atoms with Crippen LogP contribution in [-0.2, 0) is 0 Å². The van der Waals surface area contributed by atoms with Crippen LogP contribution in [0.3, 0.4) is 0 Å². The molecular weight excluding hydrogens is 264 g/mol. The summed E-state index contributed by atoms with van der Waals surface area (Å²) in [7, 11) is 0. The molecule has 0 N–H and O–H groups in total. The van der Waals surface area contributed by atoms with Crippen LogP contribution in [0.2, 0.25) is 0 Å². The highest BCUT2D eigenvalue weighted by atomic mass is 79.9. The highest BCUT2D eigenvalue weighted by Crippen LogP contribution is 2.35. The third-order valence-electron chi connectivity index (χ3n) is 3.11. The summed E-state index contributed by atoms with van der Waals surface area (Å²) in [6.45, 7) is 6.98. The lowest BCUT2D eigenvalue weighted by Crippen LogP contribution is -2.27. The van der Waals surface area contributed by atoms with E-state index in [0.717, 1.165) is 10.5 Å². The Balaban J connectivity index is 2.17. The Morgan fingerprint density at radius 3 is 3.06 bits per heavy atom. The van der Waals surface area contributed by atoms with E-state index >= 15 is 0 Å². The normalized spacial score (nSPS) is 21.9. The fourth-order valence-corrected chi connectivity index (χ4v) is 3.03. The van der Waals surface area contributed by atoms with Crippen molar-refractivity contribution < 1.29 is 0 Å². The number of hydrogen-bond donors (Lipinski definition) is 0. The van der Waals surface area contributed by atoms with E-state index in [1.165, 1.54) is 31.5 Å². The SMILES string of the molecule is CC(C)CN1CCC[C@H]1c1cccnc1Br. The first-order chi connectivity index (χ1) is 7.68. The van der Waals surface area contributed by atoms with Crippen LogP contribution in [0.15, 0.2) is 22.9 Å². The second-order valence-corrected chi connectivity index (χ2v) is 5.68. The molecule has 1 aliphatic heterocycles. The molecule has 2 heterocycles. The summed E-state index contributed by atoms with van der Waals surface area (Å²) in [5.41, 5.74) is 1.35. The fourth-order valence-electron chi connectivity index (χ4n) is 2.51.